The van der Waals surface area contributed by atoms with Crippen molar-refractivity contribution in [1.82, 2.24) is 9.80 Å². The van der Waals surface area contributed by atoms with Crippen molar-refractivity contribution in [1.29, 1.82) is 0 Å². The molecule has 3 rings (SSSR count). The van der Waals surface area contributed by atoms with Crippen LogP contribution in [0.1, 0.15) is 19.3 Å². The second-order valence-corrected chi connectivity index (χ2v) is 3.74. The van der Waals surface area contributed by atoms with Gasteiger partial charge in [-0.1, -0.05) is 6.42 Å². The molecular weight excluding hydrogens is 136 g/mol. The summed E-state index contributed by atoms with van der Waals surface area (Å²) >= 11 is 0. The standard InChI is InChI=1S/C9H18N2/c1-2-4-10-6-8-11(5-3-1)9-7-10/h1-9H2. The van der Waals surface area contributed by atoms with Crippen LogP contribution in [0.25, 0.3) is 0 Å². The van der Waals surface area contributed by atoms with Crippen molar-refractivity contribution < 1.29 is 0 Å². The van der Waals surface area contributed by atoms with Gasteiger partial charge in [0, 0.05) is 26.2 Å². The molecule has 64 valence electrons. The fourth-order valence-corrected chi connectivity index (χ4v) is 2.08. The second kappa shape index (κ2) is 3.55. The molecule has 0 N–H and O–H groups in total. The van der Waals surface area contributed by atoms with Gasteiger partial charge in [-0.2, -0.15) is 0 Å². The van der Waals surface area contributed by atoms with E-state index in [1.807, 2.05) is 0 Å². The van der Waals surface area contributed by atoms with E-state index in [4.69, 9.17) is 0 Å². The molecule has 3 fully saturated rings. The van der Waals surface area contributed by atoms with Crippen molar-refractivity contribution in [3.8, 4) is 0 Å². The molecular formula is C9H18N2. The molecule has 0 aromatic rings. The number of hydrogen-bond acceptors (Lipinski definition) is 2. The van der Waals surface area contributed by atoms with Crippen LogP contribution in [0.3, 0.4) is 0 Å². The van der Waals surface area contributed by atoms with Gasteiger partial charge in [-0.25, -0.2) is 0 Å². The molecule has 0 amide bonds. The minimum Gasteiger partial charge on any atom is -0.301 e. The predicted octanol–water partition coefficient (Wildman–Crippen LogP) is 0.788. The van der Waals surface area contributed by atoms with Crippen molar-refractivity contribution in [2.75, 3.05) is 39.3 Å². The number of piperazine rings is 1. The topological polar surface area (TPSA) is 6.48 Å². The lowest BCUT2D eigenvalue weighted by molar-refractivity contribution is 0.142. The fraction of sp³-hybridized carbons (Fsp3) is 1.00. The van der Waals surface area contributed by atoms with E-state index in [-0.39, 0.29) is 0 Å². The lowest BCUT2D eigenvalue weighted by Crippen LogP contribution is -2.45. The van der Waals surface area contributed by atoms with E-state index in [1.54, 1.807) is 0 Å². The third-order valence-electron chi connectivity index (χ3n) is 2.91. The first-order chi connectivity index (χ1) is 5.45. The maximum absolute atomic E-state index is 2.61. The molecule has 0 aliphatic carbocycles. The molecule has 11 heavy (non-hydrogen) atoms. The normalized spacial score (nSPS) is 39.3. The smallest absolute Gasteiger partial charge is 0.0110 e. The van der Waals surface area contributed by atoms with Crippen LogP contribution in [-0.4, -0.2) is 49.1 Å². The first kappa shape index (κ1) is 7.56. The Labute approximate surface area is 69.2 Å². The van der Waals surface area contributed by atoms with Gasteiger partial charge in [-0.3, -0.25) is 0 Å². The first-order valence-electron chi connectivity index (χ1n) is 4.90. The molecule has 0 spiro atoms. The van der Waals surface area contributed by atoms with E-state index in [0.717, 1.165) is 0 Å². The Hall–Kier alpha value is -0.0800. The summed E-state index contributed by atoms with van der Waals surface area (Å²) in [6.07, 6.45) is 4.29. The van der Waals surface area contributed by atoms with Gasteiger partial charge in [0.1, 0.15) is 0 Å². The van der Waals surface area contributed by atoms with Crippen molar-refractivity contribution >= 4 is 0 Å². The second-order valence-electron chi connectivity index (χ2n) is 3.74. The van der Waals surface area contributed by atoms with Crippen molar-refractivity contribution in [2.24, 2.45) is 0 Å². The molecule has 2 heteroatoms. The zero-order chi connectivity index (χ0) is 7.52. The van der Waals surface area contributed by atoms with Crippen LogP contribution in [0, 0.1) is 0 Å². The molecule has 3 saturated heterocycles. The zero-order valence-corrected chi connectivity index (χ0v) is 7.26. The third kappa shape index (κ3) is 1.94. The number of nitrogens with zero attached hydrogens (tertiary/aromatic N) is 2. The highest BCUT2D eigenvalue weighted by Crippen LogP contribution is 2.09. The van der Waals surface area contributed by atoms with Gasteiger partial charge in [-0.05, 0) is 25.9 Å². The molecule has 3 heterocycles. The lowest BCUT2D eigenvalue weighted by Gasteiger charge is -2.33. The van der Waals surface area contributed by atoms with E-state index in [2.05, 4.69) is 9.80 Å². The van der Waals surface area contributed by atoms with Gasteiger partial charge in [0.15, 0.2) is 0 Å². The summed E-state index contributed by atoms with van der Waals surface area (Å²) in [5.74, 6) is 0. The van der Waals surface area contributed by atoms with Crippen molar-refractivity contribution in [2.45, 2.75) is 19.3 Å². The molecule has 0 unspecified atom stereocenters. The Morgan fingerprint density at radius 3 is 1.36 bits per heavy atom. The molecule has 0 atom stereocenters. The largest absolute Gasteiger partial charge is 0.301 e. The fourth-order valence-electron chi connectivity index (χ4n) is 2.08. The first-order valence-corrected chi connectivity index (χ1v) is 4.90. The summed E-state index contributed by atoms with van der Waals surface area (Å²) in [6, 6.07) is 0. The molecule has 0 aromatic heterocycles. The highest BCUT2D eigenvalue weighted by molar-refractivity contribution is 4.73. The number of fused-ring (bicyclic) bond motifs is 6. The third-order valence-corrected chi connectivity index (χ3v) is 2.91. The molecule has 0 saturated carbocycles. The van der Waals surface area contributed by atoms with Gasteiger partial charge >= 0.3 is 0 Å². The maximum atomic E-state index is 2.61. The SMILES string of the molecule is C1CCN2CCN(CC1)CC2. The van der Waals surface area contributed by atoms with Crippen LogP contribution in [0.15, 0.2) is 0 Å². The zero-order valence-electron chi connectivity index (χ0n) is 7.26. The number of hydrogen-bond donors (Lipinski definition) is 0. The van der Waals surface area contributed by atoms with Gasteiger partial charge in [-0.15, -0.1) is 0 Å². The average Bonchev–Trinajstić information content (AvgIpc) is 2.21. The Morgan fingerprint density at radius 2 is 0.909 bits per heavy atom. The molecule has 0 radical (unpaired) electrons. The van der Waals surface area contributed by atoms with Crippen LogP contribution in [0.2, 0.25) is 0 Å². The van der Waals surface area contributed by atoms with E-state index in [1.165, 1.54) is 58.5 Å². The minimum atomic E-state index is 1.32. The highest BCUT2D eigenvalue weighted by Gasteiger charge is 2.17. The van der Waals surface area contributed by atoms with E-state index >= 15 is 0 Å². The summed E-state index contributed by atoms with van der Waals surface area (Å²) in [6.45, 7) is 7.99. The Morgan fingerprint density at radius 1 is 0.455 bits per heavy atom. The Bertz CT molecular complexity index is 97.2. The van der Waals surface area contributed by atoms with Crippen molar-refractivity contribution in [3.05, 3.63) is 0 Å². The van der Waals surface area contributed by atoms with Crippen LogP contribution in [0.4, 0.5) is 0 Å². The van der Waals surface area contributed by atoms with E-state index < -0.39 is 0 Å². The van der Waals surface area contributed by atoms with E-state index in [0.29, 0.717) is 0 Å². The van der Waals surface area contributed by atoms with Crippen molar-refractivity contribution in [3.63, 3.8) is 0 Å². The lowest BCUT2D eigenvalue weighted by atomic mass is 10.2. The average molecular weight is 154 g/mol. The Balaban J connectivity index is 1.92. The molecule has 2 bridgehead atoms. The van der Waals surface area contributed by atoms with Gasteiger partial charge in [0.25, 0.3) is 0 Å². The highest BCUT2D eigenvalue weighted by atomic mass is 15.3. The summed E-state index contributed by atoms with van der Waals surface area (Å²) in [5, 5.41) is 0. The maximum Gasteiger partial charge on any atom is 0.0110 e. The quantitative estimate of drug-likeness (QED) is 0.509. The van der Waals surface area contributed by atoms with Crippen LogP contribution in [0.5, 0.6) is 0 Å². The minimum absolute atomic E-state index is 1.32. The predicted molar refractivity (Wildman–Crippen MR) is 46.7 cm³/mol. The molecule has 3 aliphatic rings. The monoisotopic (exact) mass is 154 g/mol. The number of rotatable bonds is 0. The van der Waals surface area contributed by atoms with Crippen LogP contribution >= 0.6 is 0 Å². The van der Waals surface area contributed by atoms with E-state index in [9.17, 15) is 0 Å². The van der Waals surface area contributed by atoms with Crippen LogP contribution < -0.4 is 0 Å². The summed E-state index contributed by atoms with van der Waals surface area (Å²) in [7, 11) is 0. The summed E-state index contributed by atoms with van der Waals surface area (Å²) in [5.41, 5.74) is 0. The molecule has 0 aromatic carbocycles. The van der Waals surface area contributed by atoms with Crippen LogP contribution in [-0.2, 0) is 0 Å². The molecule has 3 aliphatic heterocycles. The van der Waals surface area contributed by atoms with Gasteiger partial charge in [0.2, 0.25) is 0 Å². The summed E-state index contributed by atoms with van der Waals surface area (Å²) < 4.78 is 0. The molecule has 2 nitrogen and oxygen atoms in total. The van der Waals surface area contributed by atoms with Gasteiger partial charge < -0.3 is 9.80 Å². The summed E-state index contributed by atoms with van der Waals surface area (Å²) in [4.78, 5) is 5.23. The Kier molecular flexibility index (Phi) is 2.44. The van der Waals surface area contributed by atoms with Gasteiger partial charge in [0.05, 0.1) is 0 Å².